The van der Waals surface area contributed by atoms with Crippen LogP contribution in [0.4, 0.5) is 9.39 Å². The number of nitrogens with zero attached hydrogens (tertiary/aromatic N) is 2. The minimum Gasteiger partial charge on any atom is -0.465 e. The van der Waals surface area contributed by atoms with E-state index in [4.69, 9.17) is 4.74 Å². The van der Waals surface area contributed by atoms with Gasteiger partial charge in [-0.05, 0) is 42.7 Å². The second-order valence-corrected chi connectivity index (χ2v) is 9.77. The van der Waals surface area contributed by atoms with Crippen molar-refractivity contribution in [1.29, 1.82) is 0 Å². The minimum absolute atomic E-state index is 0.164. The molecule has 1 N–H and O–H groups in total. The highest BCUT2D eigenvalue weighted by atomic mass is 32.1. The number of hydrogen-bond donors (Lipinski definition) is 1. The Morgan fingerprint density at radius 3 is 2.49 bits per heavy atom. The van der Waals surface area contributed by atoms with Crippen LogP contribution >= 0.6 is 11.3 Å². The van der Waals surface area contributed by atoms with Crippen molar-refractivity contribution in [2.45, 2.75) is 20.4 Å². The zero-order valence-corrected chi connectivity index (χ0v) is 21.1. The van der Waals surface area contributed by atoms with Gasteiger partial charge in [-0.3, -0.25) is 14.6 Å². The number of ether oxygens (including phenoxy) is 1. The fourth-order valence-corrected chi connectivity index (χ4v) is 5.31. The Balaban J connectivity index is 1.39. The highest BCUT2D eigenvalue weighted by Crippen LogP contribution is 2.38. The van der Waals surface area contributed by atoms with E-state index in [1.54, 1.807) is 12.1 Å². The molecule has 35 heavy (non-hydrogen) atoms. The Kier molecular flexibility index (Phi) is 7.95. The molecule has 1 aliphatic heterocycles. The number of benzene rings is 2. The standard InChI is InChI=1S/C27H30FN3O3S/c1-18-7-8-19(2)22(13-18)23-17-35-26(25(23)27(33)34-3)29-24(32)16-31-11-9-30(10-12-31)15-20-5-4-6-21(28)14-20/h4-8,13-14,17H,9-12,15-16H2,1-3H3,(H,29,32). The van der Waals surface area contributed by atoms with Gasteiger partial charge in [-0.25, -0.2) is 9.18 Å². The molecule has 0 radical (unpaired) electrons. The summed E-state index contributed by atoms with van der Waals surface area (Å²) in [4.78, 5) is 29.9. The molecule has 0 saturated carbocycles. The number of thiophene rings is 1. The Hall–Kier alpha value is -3.07. The number of halogens is 1. The third-order valence-electron chi connectivity index (χ3n) is 6.24. The van der Waals surface area contributed by atoms with Crippen LogP contribution < -0.4 is 5.32 Å². The number of carbonyl (C=O) groups excluding carboxylic acids is 2. The summed E-state index contributed by atoms with van der Waals surface area (Å²) < 4.78 is 18.5. The van der Waals surface area contributed by atoms with Crippen molar-refractivity contribution >= 4 is 28.2 Å². The van der Waals surface area contributed by atoms with E-state index in [0.717, 1.165) is 54.0 Å². The van der Waals surface area contributed by atoms with Crippen LogP contribution in [0.1, 0.15) is 27.0 Å². The summed E-state index contributed by atoms with van der Waals surface area (Å²) in [6.07, 6.45) is 0. The summed E-state index contributed by atoms with van der Waals surface area (Å²) in [5.74, 6) is -0.857. The molecule has 3 aromatic rings. The summed E-state index contributed by atoms with van der Waals surface area (Å²) in [5, 5.41) is 5.34. The fraction of sp³-hybridized carbons (Fsp3) is 0.333. The van der Waals surface area contributed by atoms with Crippen LogP contribution in [-0.2, 0) is 16.1 Å². The molecule has 8 heteroatoms. The molecule has 1 aliphatic rings. The zero-order chi connectivity index (χ0) is 24.9. The van der Waals surface area contributed by atoms with Gasteiger partial charge in [-0.2, -0.15) is 0 Å². The molecule has 0 unspecified atom stereocenters. The van der Waals surface area contributed by atoms with Crippen LogP contribution in [0.2, 0.25) is 0 Å². The molecule has 2 heterocycles. The first-order chi connectivity index (χ1) is 16.8. The lowest BCUT2D eigenvalue weighted by atomic mass is 9.97. The lowest BCUT2D eigenvalue weighted by molar-refractivity contribution is -0.117. The van der Waals surface area contributed by atoms with Crippen molar-refractivity contribution in [2.75, 3.05) is 45.2 Å². The van der Waals surface area contributed by atoms with Gasteiger partial charge in [0.2, 0.25) is 5.91 Å². The maximum atomic E-state index is 13.4. The highest BCUT2D eigenvalue weighted by Gasteiger charge is 2.25. The summed E-state index contributed by atoms with van der Waals surface area (Å²) in [5.41, 5.74) is 5.20. The second kappa shape index (κ2) is 11.1. The number of anilines is 1. The van der Waals surface area contributed by atoms with Crippen LogP contribution in [0, 0.1) is 19.7 Å². The summed E-state index contributed by atoms with van der Waals surface area (Å²) in [7, 11) is 1.35. The molecule has 6 nitrogen and oxygen atoms in total. The Labute approximate surface area is 209 Å². The van der Waals surface area contributed by atoms with Gasteiger partial charge < -0.3 is 10.1 Å². The predicted molar refractivity (Wildman–Crippen MR) is 137 cm³/mol. The van der Waals surface area contributed by atoms with Crippen molar-refractivity contribution in [1.82, 2.24) is 9.80 Å². The maximum absolute atomic E-state index is 13.4. The van der Waals surface area contributed by atoms with Gasteiger partial charge in [0.15, 0.2) is 0 Å². The van der Waals surface area contributed by atoms with Crippen LogP contribution in [0.25, 0.3) is 11.1 Å². The first kappa shape index (κ1) is 25.0. The quantitative estimate of drug-likeness (QED) is 0.481. The van der Waals surface area contributed by atoms with Gasteiger partial charge in [-0.15, -0.1) is 11.3 Å². The first-order valence-corrected chi connectivity index (χ1v) is 12.5. The van der Waals surface area contributed by atoms with E-state index in [9.17, 15) is 14.0 Å². The number of rotatable bonds is 7. The smallest absolute Gasteiger partial charge is 0.341 e. The third kappa shape index (κ3) is 6.14. The summed E-state index contributed by atoms with van der Waals surface area (Å²) >= 11 is 1.33. The summed E-state index contributed by atoms with van der Waals surface area (Å²) in [6.45, 7) is 8.02. The molecule has 0 spiro atoms. The lowest BCUT2D eigenvalue weighted by Gasteiger charge is -2.34. The van der Waals surface area contributed by atoms with Gasteiger partial charge in [0, 0.05) is 43.7 Å². The number of piperazine rings is 1. The maximum Gasteiger partial charge on any atom is 0.341 e. The average molecular weight is 496 g/mol. The number of aryl methyl sites for hydroxylation is 2. The fourth-order valence-electron chi connectivity index (χ4n) is 4.35. The minimum atomic E-state index is -0.469. The molecule has 2 aromatic carbocycles. The van der Waals surface area contributed by atoms with Crippen molar-refractivity contribution in [3.05, 3.63) is 75.9 Å². The number of amides is 1. The molecule has 1 fully saturated rings. The number of esters is 1. The lowest BCUT2D eigenvalue weighted by Crippen LogP contribution is -2.48. The molecular formula is C27H30FN3O3S. The first-order valence-electron chi connectivity index (χ1n) is 11.6. The Bertz CT molecular complexity index is 1220. The molecule has 0 aliphatic carbocycles. The van der Waals surface area contributed by atoms with E-state index in [1.165, 1.54) is 24.5 Å². The SMILES string of the molecule is COC(=O)c1c(-c2cc(C)ccc2C)csc1NC(=O)CN1CCN(Cc2cccc(F)c2)CC1. The highest BCUT2D eigenvalue weighted by molar-refractivity contribution is 7.15. The van der Waals surface area contributed by atoms with Crippen molar-refractivity contribution in [3.8, 4) is 11.1 Å². The Morgan fingerprint density at radius 2 is 1.77 bits per heavy atom. The number of nitrogens with one attached hydrogen (secondary N) is 1. The normalized spacial score (nSPS) is 14.6. The van der Waals surface area contributed by atoms with E-state index in [2.05, 4.69) is 15.1 Å². The number of hydrogen-bond acceptors (Lipinski definition) is 6. The molecule has 1 amide bonds. The van der Waals surface area contributed by atoms with Gasteiger partial charge in [0.25, 0.3) is 0 Å². The molecular weight excluding hydrogens is 465 g/mol. The Morgan fingerprint density at radius 1 is 1.03 bits per heavy atom. The van der Waals surface area contributed by atoms with E-state index < -0.39 is 5.97 Å². The van der Waals surface area contributed by atoms with Gasteiger partial charge in [-0.1, -0.05) is 35.9 Å². The zero-order valence-electron chi connectivity index (χ0n) is 20.3. The van der Waals surface area contributed by atoms with E-state index in [0.29, 0.717) is 17.1 Å². The summed E-state index contributed by atoms with van der Waals surface area (Å²) in [6, 6.07) is 12.8. The van der Waals surface area contributed by atoms with E-state index >= 15 is 0 Å². The predicted octanol–water partition coefficient (Wildman–Crippen LogP) is 4.71. The average Bonchev–Trinajstić information content (AvgIpc) is 3.24. The van der Waals surface area contributed by atoms with Crippen LogP contribution in [0.15, 0.2) is 47.8 Å². The molecule has 184 valence electrons. The van der Waals surface area contributed by atoms with Crippen LogP contribution in [0.5, 0.6) is 0 Å². The molecule has 0 atom stereocenters. The van der Waals surface area contributed by atoms with E-state index in [1.807, 2.05) is 43.5 Å². The van der Waals surface area contributed by atoms with Gasteiger partial charge in [0.05, 0.1) is 13.7 Å². The van der Waals surface area contributed by atoms with Crippen LogP contribution in [-0.4, -0.2) is 61.5 Å². The van der Waals surface area contributed by atoms with E-state index in [-0.39, 0.29) is 18.3 Å². The molecule has 0 bridgehead atoms. The molecule has 1 aromatic heterocycles. The van der Waals surface area contributed by atoms with Crippen LogP contribution in [0.3, 0.4) is 0 Å². The second-order valence-electron chi connectivity index (χ2n) is 8.89. The third-order valence-corrected chi connectivity index (χ3v) is 7.14. The molecule has 1 saturated heterocycles. The molecule has 4 rings (SSSR count). The van der Waals surface area contributed by atoms with Crippen molar-refractivity contribution in [3.63, 3.8) is 0 Å². The topological polar surface area (TPSA) is 61.9 Å². The number of methoxy groups -OCH3 is 1. The van der Waals surface area contributed by atoms with Gasteiger partial charge >= 0.3 is 5.97 Å². The largest absolute Gasteiger partial charge is 0.465 e. The van der Waals surface area contributed by atoms with Crippen molar-refractivity contribution in [2.24, 2.45) is 0 Å². The van der Waals surface area contributed by atoms with Gasteiger partial charge in [0.1, 0.15) is 16.4 Å². The monoisotopic (exact) mass is 495 g/mol. The number of carbonyl (C=O) groups is 2. The van der Waals surface area contributed by atoms with Crippen molar-refractivity contribution < 1.29 is 18.7 Å².